The Morgan fingerprint density at radius 3 is 2.74 bits per heavy atom. The molecule has 1 saturated heterocycles. The lowest BCUT2D eigenvalue weighted by atomic mass is 9.95. The van der Waals surface area contributed by atoms with Gasteiger partial charge in [-0.05, 0) is 99.2 Å². The van der Waals surface area contributed by atoms with Gasteiger partial charge in [0.1, 0.15) is 5.00 Å². The molecule has 1 aromatic carbocycles. The van der Waals surface area contributed by atoms with Crippen LogP contribution in [0.2, 0.25) is 0 Å². The first-order valence-electron chi connectivity index (χ1n) is 11.2. The van der Waals surface area contributed by atoms with Crippen molar-refractivity contribution in [2.75, 3.05) is 0 Å². The van der Waals surface area contributed by atoms with Crippen LogP contribution in [-0.2, 0) is 17.6 Å². The second-order valence-electron chi connectivity index (χ2n) is 8.68. The number of rotatable bonds is 4. The third kappa shape index (κ3) is 4.12. The summed E-state index contributed by atoms with van der Waals surface area (Å²) in [6, 6.07) is 9.83. The molecule has 0 saturated carbocycles. The van der Waals surface area contributed by atoms with Crippen molar-refractivity contribution in [1.29, 1.82) is 0 Å². The number of amidine groups is 1. The second-order valence-corrected chi connectivity index (χ2v) is 10.8. The Balaban J connectivity index is 1.51. The van der Waals surface area contributed by atoms with Gasteiger partial charge in [0.2, 0.25) is 0 Å². The molecule has 174 valence electrons. The molecular weight excluding hydrogens is 466 g/mol. The van der Waals surface area contributed by atoms with Gasteiger partial charge in [0.05, 0.1) is 16.2 Å². The van der Waals surface area contributed by atoms with Crippen molar-refractivity contribution in [1.82, 2.24) is 9.88 Å². The zero-order valence-corrected chi connectivity index (χ0v) is 20.9. The molecule has 1 aliphatic carbocycles. The molecule has 1 fully saturated rings. The number of carboxylic acids is 1. The minimum atomic E-state index is -0.871. The molecular formula is C26H25N3O3S2. The van der Waals surface area contributed by atoms with Gasteiger partial charge in [-0.1, -0.05) is 12.1 Å². The SMILES string of the molecule is Cc1cccc(N=C2NC(=O)C(=Cc3cc(C)n(-c4sc5c(c4C(=O)O)CCCC5)c3C)S2)c1. The maximum Gasteiger partial charge on any atom is 0.339 e. The molecule has 8 heteroatoms. The third-order valence-corrected chi connectivity index (χ3v) is 8.40. The maximum atomic E-state index is 12.6. The lowest BCUT2D eigenvalue weighted by Gasteiger charge is -2.11. The van der Waals surface area contributed by atoms with Crippen LogP contribution in [0, 0.1) is 20.8 Å². The molecule has 6 nitrogen and oxygen atoms in total. The predicted molar refractivity (Wildman–Crippen MR) is 139 cm³/mol. The van der Waals surface area contributed by atoms with Crippen molar-refractivity contribution in [2.45, 2.75) is 46.5 Å². The molecule has 1 aliphatic heterocycles. The van der Waals surface area contributed by atoms with Crippen LogP contribution in [0.3, 0.4) is 0 Å². The standard InChI is InChI=1S/C26H25N3O3S2/c1-14-7-6-8-18(11-14)27-26-28-23(30)21(34-26)13-17-12-15(2)29(16(17)3)24-22(25(31)32)19-9-4-5-10-20(19)33-24/h6-8,11-13H,4-5,9-10H2,1-3H3,(H,31,32)(H,27,28,30). The Hall–Kier alpha value is -3.10. The van der Waals surface area contributed by atoms with Gasteiger partial charge >= 0.3 is 5.97 Å². The van der Waals surface area contributed by atoms with Crippen LogP contribution in [0.25, 0.3) is 11.1 Å². The molecule has 0 spiro atoms. The number of carbonyl (C=O) groups excluding carboxylic acids is 1. The normalized spacial score (nSPS) is 17.9. The third-order valence-electron chi connectivity index (χ3n) is 6.21. The van der Waals surface area contributed by atoms with E-state index < -0.39 is 5.97 Å². The Bertz CT molecular complexity index is 1390. The predicted octanol–water partition coefficient (Wildman–Crippen LogP) is 5.93. The fraction of sp³-hybridized carbons (Fsp3) is 0.269. The summed E-state index contributed by atoms with van der Waals surface area (Å²) in [7, 11) is 0. The number of thioether (sulfide) groups is 1. The molecule has 1 amide bonds. The Morgan fingerprint density at radius 2 is 1.97 bits per heavy atom. The largest absolute Gasteiger partial charge is 0.478 e. The Kier molecular flexibility index (Phi) is 5.95. The average molecular weight is 492 g/mol. The summed E-state index contributed by atoms with van der Waals surface area (Å²) in [5.74, 6) is -1.05. The molecule has 3 aromatic rings. The maximum absolute atomic E-state index is 12.6. The zero-order chi connectivity index (χ0) is 24.0. The minimum absolute atomic E-state index is 0.181. The van der Waals surface area contributed by atoms with Gasteiger partial charge in [-0.3, -0.25) is 4.79 Å². The van der Waals surface area contributed by atoms with Crippen molar-refractivity contribution < 1.29 is 14.7 Å². The number of hydrogen-bond donors (Lipinski definition) is 2. The van der Waals surface area contributed by atoms with Gasteiger partial charge in [0.25, 0.3) is 5.91 Å². The van der Waals surface area contributed by atoms with Crippen LogP contribution < -0.4 is 5.32 Å². The summed E-state index contributed by atoms with van der Waals surface area (Å²) < 4.78 is 2.03. The quantitative estimate of drug-likeness (QED) is 0.443. The summed E-state index contributed by atoms with van der Waals surface area (Å²) in [5, 5.41) is 14.2. The molecule has 0 atom stereocenters. The number of hydrogen-bond acceptors (Lipinski definition) is 5. The van der Waals surface area contributed by atoms with Crippen LogP contribution in [0.15, 0.2) is 40.2 Å². The Labute approximate surface area is 206 Å². The molecule has 2 aromatic heterocycles. The van der Waals surface area contributed by atoms with E-state index in [0.717, 1.165) is 64.4 Å². The highest BCUT2D eigenvalue weighted by Gasteiger charge is 2.28. The van der Waals surface area contributed by atoms with Crippen molar-refractivity contribution in [3.63, 3.8) is 0 Å². The number of nitrogens with zero attached hydrogens (tertiary/aromatic N) is 2. The smallest absolute Gasteiger partial charge is 0.339 e. The monoisotopic (exact) mass is 491 g/mol. The molecule has 34 heavy (non-hydrogen) atoms. The van der Waals surface area contributed by atoms with Crippen molar-refractivity contribution in [3.8, 4) is 5.00 Å². The lowest BCUT2D eigenvalue weighted by molar-refractivity contribution is -0.115. The van der Waals surface area contributed by atoms with Gasteiger partial charge < -0.3 is 15.0 Å². The Morgan fingerprint density at radius 1 is 1.18 bits per heavy atom. The van der Waals surface area contributed by atoms with Crippen molar-refractivity contribution >= 4 is 51.9 Å². The van der Waals surface area contributed by atoms with E-state index in [1.165, 1.54) is 16.6 Å². The first kappa shape index (κ1) is 22.7. The van der Waals surface area contributed by atoms with E-state index in [9.17, 15) is 14.7 Å². The second kappa shape index (κ2) is 8.92. The number of fused-ring (bicyclic) bond motifs is 1. The summed E-state index contributed by atoms with van der Waals surface area (Å²) in [5.41, 5.74) is 6.09. The molecule has 0 bridgehead atoms. The number of benzene rings is 1. The first-order chi connectivity index (χ1) is 16.3. The van der Waals surface area contributed by atoms with Crippen LogP contribution >= 0.6 is 23.1 Å². The van der Waals surface area contributed by atoms with Gasteiger partial charge in [-0.15, -0.1) is 11.3 Å². The van der Waals surface area contributed by atoms with Crippen LogP contribution in [0.1, 0.15) is 56.2 Å². The molecule has 0 radical (unpaired) electrons. The molecule has 0 unspecified atom stereocenters. The summed E-state index contributed by atoms with van der Waals surface area (Å²) >= 11 is 2.90. The van der Waals surface area contributed by atoms with E-state index in [4.69, 9.17) is 0 Å². The first-order valence-corrected chi connectivity index (χ1v) is 12.9. The van der Waals surface area contributed by atoms with Gasteiger partial charge in [0.15, 0.2) is 5.17 Å². The highest BCUT2D eigenvalue weighted by molar-refractivity contribution is 8.18. The number of amides is 1. The van der Waals surface area contributed by atoms with Crippen LogP contribution in [0.4, 0.5) is 5.69 Å². The van der Waals surface area contributed by atoms with Gasteiger partial charge in [0, 0.05) is 16.3 Å². The number of aliphatic imine (C=N–C) groups is 1. The number of aromatic nitrogens is 1. The molecule has 2 aliphatic rings. The fourth-order valence-corrected chi connectivity index (χ4v) is 6.94. The summed E-state index contributed by atoms with van der Waals surface area (Å²) in [6.45, 7) is 5.96. The highest BCUT2D eigenvalue weighted by atomic mass is 32.2. The van der Waals surface area contributed by atoms with Crippen molar-refractivity contribution in [3.05, 3.63) is 73.8 Å². The average Bonchev–Trinajstić information content (AvgIpc) is 3.41. The van der Waals surface area contributed by atoms with Crippen LogP contribution in [0.5, 0.6) is 0 Å². The van der Waals surface area contributed by atoms with Gasteiger partial charge in [-0.2, -0.15) is 0 Å². The minimum Gasteiger partial charge on any atom is -0.478 e. The van der Waals surface area contributed by atoms with E-state index in [0.29, 0.717) is 15.6 Å². The van der Waals surface area contributed by atoms with E-state index >= 15 is 0 Å². The van der Waals surface area contributed by atoms with E-state index in [2.05, 4.69) is 10.3 Å². The number of aromatic carboxylic acids is 1. The number of carboxylic acid groups (broad SMARTS) is 1. The van der Waals surface area contributed by atoms with E-state index in [1.807, 2.05) is 61.7 Å². The number of thiophene rings is 1. The summed E-state index contributed by atoms with van der Waals surface area (Å²) in [4.78, 5) is 31.1. The zero-order valence-electron chi connectivity index (χ0n) is 19.3. The number of aryl methyl sites for hydroxylation is 3. The van der Waals surface area contributed by atoms with Crippen molar-refractivity contribution in [2.24, 2.45) is 4.99 Å². The highest BCUT2D eigenvalue weighted by Crippen LogP contribution is 2.39. The van der Waals surface area contributed by atoms with E-state index in [-0.39, 0.29) is 5.91 Å². The molecule has 5 rings (SSSR count). The number of carbonyl (C=O) groups is 2. The van der Waals surface area contributed by atoms with Gasteiger partial charge in [-0.25, -0.2) is 9.79 Å². The van der Waals surface area contributed by atoms with Crippen LogP contribution in [-0.4, -0.2) is 26.7 Å². The summed E-state index contributed by atoms with van der Waals surface area (Å²) in [6.07, 6.45) is 5.76. The fourth-order valence-electron chi connectivity index (χ4n) is 4.61. The topological polar surface area (TPSA) is 83.7 Å². The molecule has 2 N–H and O–H groups in total. The lowest BCUT2D eigenvalue weighted by Crippen LogP contribution is -2.19. The molecule has 3 heterocycles. The van der Waals surface area contributed by atoms with E-state index in [1.54, 1.807) is 11.3 Å². The number of nitrogens with one attached hydrogen (secondary N) is 1.